The third kappa shape index (κ3) is 3.72. The minimum atomic E-state index is -0.185. The first-order chi connectivity index (χ1) is 8.28. The Bertz CT molecular complexity index is 384. The summed E-state index contributed by atoms with van der Waals surface area (Å²) in [5.41, 5.74) is 9.54. The second kappa shape index (κ2) is 5.72. The molecule has 0 fully saturated rings. The molecule has 1 aromatic carbocycles. The number of rotatable bonds is 5. The van der Waals surface area contributed by atoms with E-state index in [0.717, 1.165) is 12.2 Å². The highest BCUT2D eigenvalue weighted by atomic mass is 16.5. The summed E-state index contributed by atoms with van der Waals surface area (Å²) in [5.74, 6) is 0.973. The third-order valence-corrected chi connectivity index (χ3v) is 3.17. The van der Waals surface area contributed by atoms with Gasteiger partial charge in [-0.3, -0.25) is 0 Å². The van der Waals surface area contributed by atoms with Gasteiger partial charge >= 0.3 is 0 Å². The van der Waals surface area contributed by atoms with E-state index in [4.69, 9.17) is 10.5 Å². The van der Waals surface area contributed by atoms with Crippen molar-refractivity contribution in [2.75, 3.05) is 14.2 Å². The quantitative estimate of drug-likeness (QED) is 0.844. The first-order valence-electron chi connectivity index (χ1n) is 6.39. The van der Waals surface area contributed by atoms with Crippen LogP contribution in [0.25, 0.3) is 0 Å². The summed E-state index contributed by atoms with van der Waals surface area (Å²) >= 11 is 0. The molecule has 0 bridgehead atoms. The zero-order valence-corrected chi connectivity index (χ0v) is 12.4. The Morgan fingerprint density at radius 2 is 1.78 bits per heavy atom. The van der Waals surface area contributed by atoms with Gasteiger partial charge in [-0.15, -0.1) is 0 Å². The third-order valence-electron chi connectivity index (χ3n) is 3.17. The van der Waals surface area contributed by atoms with Gasteiger partial charge in [0, 0.05) is 11.6 Å². The van der Waals surface area contributed by atoms with Gasteiger partial charge in [0.1, 0.15) is 5.75 Å². The smallest absolute Gasteiger partial charge is 0.124 e. The highest BCUT2D eigenvalue weighted by Gasteiger charge is 2.20. The van der Waals surface area contributed by atoms with E-state index in [1.165, 1.54) is 16.7 Å². The van der Waals surface area contributed by atoms with Crippen LogP contribution in [0, 0.1) is 13.8 Å². The van der Waals surface area contributed by atoms with Gasteiger partial charge in [-0.25, -0.2) is 0 Å². The highest BCUT2D eigenvalue weighted by molar-refractivity contribution is 5.44. The molecule has 0 heterocycles. The number of aryl methyl sites for hydroxylation is 2. The SMILES string of the molecule is CNC(CC(C)(C)N)c1cc(C)c(OC)c(C)c1. The molecule has 0 spiro atoms. The second-order valence-electron chi connectivity index (χ2n) is 5.72. The van der Waals surface area contributed by atoms with Crippen LogP contribution in [0.5, 0.6) is 5.75 Å². The van der Waals surface area contributed by atoms with Crippen molar-refractivity contribution in [3.05, 3.63) is 28.8 Å². The van der Waals surface area contributed by atoms with Crippen LogP contribution in [0.2, 0.25) is 0 Å². The van der Waals surface area contributed by atoms with Crippen LogP contribution >= 0.6 is 0 Å². The molecule has 0 saturated heterocycles. The van der Waals surface area contributed by atoms with Gasteiger partial charge in [0.25, 0.3) is 0 Å². The number of methoxy groups -OCH3 is 1. The lowest BCUT2D eigenvalue weighted by atomic mass is 9.90. The zero-order valence-electron chi connectivity index (χ0n) is 12.4. The molecule has 0 radical (unpaired) electrons. The van der Waals surface area contributed by atoms with E-state index in [2.05, 4.69) is 45.1 Å². The Kier molecular flexibility index (Phi) is 4.77. The van der Waals surface area contributed by atoms with Crippen molar-refractivity contribution < 1.29 is 4.74 Å². The first-order valence-corrected chi connectivity index (χ1v) is 6.39. The molecule has 1 atom stereocenters. The summed E-state index contributed by atoms with van der Waals surface area (Å²) in [6.07, 6.45) is 0.898. The maximum absolute atomic E-state index is 6.12. The normalized spacial score (nSPS) is 13.5. The number of nitrogens with one attached hydrogen (secondary N) is 1. The minimum Gasteiger partial charge on any atom is -0.496 e. The second-order valence-corrected chi connectivity index (χ2v) is 5.72. The molecular weight excluding hydrogens is 224 g/mol. The average Bonchev–Trinajstić information content (AvgIpc) is 2.24. The number of ether oxygens (including phenoxy) is 1. The summed E-state index contributed by atoms with van der Waals surface area (Å²) in [7, 11) is 3.69. The van der Waals surface area contributed by atoms with E-state index in [1.807, 2.05) is 7.05 Å². The monoisotopic (exact) mass is 250 g/mol. The summed E-state index contributed by atoms with van der Waals surface area (Å²) in [4.78, 5) is 0. The fourth-order valence-electron chi connectivity index (χ4n) is 2.42. The number of hydrogen-bond donors (Lipinski definition) is 2. The van der Waals surface area contributed by atoms with Crippen LogP contribution in [0.4, 0.5) is 0 Å². The number of nitrogens with two attached hydrogens (primary N) is 1. The molecule has 1 rings (SSSR count). The molecule has 3 heteroatoms. The zero-order chi connectivity index (χ0) is 13.9. The average molecular weight is 250 g/mol. The Morgan fingerprint density at radius 1 is 1.28 bits per heavy atom. The van der Waals surface area contributed by atoms with E-state index in [1.54, 1.807) is 7.11 Å². The lowest BCUT2D eigenvalue weighted by Crippen LogP contribution is -2.36. The van der Waals surface area contributed by atoms with E-state index >= 15 is 0 Å². The molecule has 18 heavy (non-hydrogen) atoms. The lowest BCUT2D eigenvalue weighted by Gasteiger charge is -2.27. The van der Waals surface area contributed by atoms with Gasteiger partial charge < -0.3 is 15.8 Å². The van der Waals surface area contributed by atoms with Gasteiger partial charge in [-0.05, 0) is 57.9 Å². The largest absolute Gasteiger partial charge is 0.496 e. The summed E-state index contributed by atoms with van der Waals surface area (Å²) < 4.78 is 5.40. The molecule has 0 aromatic heterocycles. The summed E-state index contributed by atoms with van der Waals surface area (Å²) in [6, 6.07) is 4.63. The van der Waals surface area contributed by atoms with Crippen LogP contribution in [0.3, 0.4) is 0 Å². The minimum absolute atomic E-state index is 0.185. The van der Waals surface area contributed by atoms with Crippen LogP contribution in [-0.4, -0.2) is 19.7 Å². The Labute approximate surface area is 111 Å². The molecule has 0 aliphatic heterocycles. The van der Waals surface area contributed by atoms with Crippen LogP contribution < -0.4 is 15.8 Å². The van der Waals surface area contributed by atoms with Crippen molar-refractivity contribution in [1.29, 1.82) is 0 Å². The number of benzene rings is 1. The molecule has 1 unspecified atom stereocenters. The molecule has 0 aliphatic rings. The molecule has 1 aromatic rings. The molecule has 102 valence electrons. The lowest BCUT2D eigenvalue weighted by molar-refractivity contribution is 0.392. The van der Waals surface area contributed by atoms with Gasteiger partial charge in [-0.1, -0.05) is 12.1 Å². The van der Waals surface area contributed by atoms with Crippen molar-refractivity contribution in [2.24, 2.45) is 5.73 Å². The fourth-order valence-corrected chi connectivity index (χ4v) is 2.42. The number of hydrogen-bond acceptors (Lipinski definition) is 3. The van der Waals surface area contributed by atoms with Crippen molar-refractivity contribution in [2.45, 2.75) is 45.7 Å². The first kappa shape index (κ1) is 15.0. The van der Waals surface area contributed by atoms with E-state index in [-0.39, 0.29) is 11.6 Å². The van der Waals surface area contributed by atoms with Gasteiger partial charge in [-0.2, -0.15) is 0 Å². The maximum atomic E-state index is 6.12. The van der Waals surface area contributed by atoms with Crippen LogP contribution in [0.1, 0.15) is 43.0 Å². The van der Waals surface area contributed by atoms with Crippen LogP contribution in [0.15, 0.2) is 12.1 Å². The van der Waals surface area contributed by atoms with E-state index < -0.39 is 0 Å². The Hall–Kier alpha value is -1.06. The molecule has 3 nitrogen and oxygen atoms in total. The predicted molar refractivity (Wildman–Crippen MR) is 77.2 cm³/mol. The molecule has 0 aliphatic carbocycles. The van der Waals surface area contributed by atoms with Crippen molar-refractivity contribution in [3.8, 4) is 5.75 Å². The summed E-state index contributed by atoms with van der Waals surface area (Å²) in [5, 5.41) is 3.35. The Morgan fingerprint density at radius 3 is 2.11 bits per heavy atom. The Balaban J connectivity index is 3.08. The molecule has 0 amide bonds. The predicted octanol–water partition coefficient (Wildman–Crippen LogP) is 2.70. The van der Waals surface area contributed by atoms with Gasteiger partial charge in [0.2, 0.25) is 0 Å². The maximum Gasteiger partial charge on any atom is 0.124 e. The highest BCUT2D eigenvalue weighted by Crippen LogP contribution is 2.29. The van der Waals surface area contributed by atoms with E-state index in [9.17, 15) is 0 Å². The van der Waals surface area contributed by atoms with Crippen molar-refractivity contribution >= 4 is 0 Å². The van der Waals surface area contributed by atoms with Crippen LogP contribution in [-0.2, 0) is 0 Å². The topological polar surface area (TPSA) is 47.3 Å². The van der Waals surface area contributed by atoms with E-state index in [0.29, 0.717) is 0 Å². The van der Waals surface area contributed by atoms with Gasteiger partial charge in [0.05, 0.1) is 7.11 Å². The van der Waals surface area contributed by atoms with Crippen molar-refractivity contribution in [1.82, 2.24) is 5.32 Å². The molecule has 3 N–H and O–H groups in total. The van der Waals surface area contributed by atoms with Gasteiger partial charge in [0.15, 0.2) is 0 Å². The summed E-state index contributed by atoms with van der Waals surface area (Å²) in [6.45, 7) is 8.27. The standard InChI is InChI=1S/C15H26N2O/c1-10-7-12(8-11(2)14(10)18-6)13(17-5)9-15(3,4)16/h7-8,13,17H,9,16H2,1-6H3. The molecular formula is C15H26N2O. The molecule has 0 saturated carbocycles. The van der Waals surface area contributed by atoms with Crippen molar-refractivity contribution in [3.63, 3.8) is 0 Å². The fraction of sp³-hybridized carbons (Fsp3) is 0.600.